The summed E-state index contributed by atoms with van der Waals surface area (Å²) in [5.74, 6) is 0.174. The average molecular weight is 447 g/mol. The van der Waals surface area contributed by atoms with Gasteiger partial charge in [0.05, 0.1) is 0 Å². The number of rotatable bonds is 5. The highest BCUT2D eigenvalue weighted by molar-refractivity contribution is 6.10. The smallest absolute Gasteiger partial charge is 0.278 e. The number of benzene rings is 4. The number of hydrogen-bond donors (Lipinski definition) is 2. The maximum Gasteiger partial charge on any atom is 0.278 e. The molecule has 6 heteroatoms. The van der Waals surface area contributed by atoms with Crippen molar-refractivity contribution >= 4 is 34.0 Å². The van der Waals surface area contributed by atoms with Crippen LogP contribution in [0.5, 0.6) is 0 Å². The van der Waals surface area contributed by atoms with E-state index >= 15 is 0 Å². The molecule has 0 aliphatic heterocycles. The van der Waals surface area contributed by atoms with Gasteiger partial charge in [-0.2, -0.15) is 0 Å². The van der Waals surface area contributed by atoms with Crippen LogP contribution in [0.15, 0.2) is 101 Å². The van der Waals surface area contributed by atoms with E-state index < -0.39 is 0 Å². The highest BCUT2D eigenvalue weighted by atomic mass is 16.4. The molecule has 0 aliphatic carbocycles. The predicted molar refractivity (Wildman–Crippen MR) is 134 cm³/mol. The first-order chi connectivity index (χ1) is 16.6. The summed E-state index contributed by atoms with van der Waals surface area (Å²) >= 11 is 0. The van der Waals surface area contributed by atoms with Crippen molar-refractivity contribution in [3.63, 3.8) is 0 Å². The monoisotopic (exact) mass is 447 g/mol. The van der Waals surface area contributed by atoms with Crippen LogP contribution in [0.4, 0.5) is 11.4 Å². The molecule has 2 amide bonds. The van der Waals surface area contributed by atoms with Crippen LogP contribution in [-0.2, 0) is 4.79 Å². The molecule has 1 heterocycles. The number of nitrogens with zero attached hydrogens (tertiary/aromatic N) is 1. The first-order valence-electron chi connectivity index (χ1n) is 10.8. The Morgan fingerprint density at radius 3 is 2.21 bits per heavy atom. The Morgan fingerprint density at radius 1 is 0.735 bits per heavy atom. The van der Waals surface area contributed by atoms with E-state index in [1.165, 1.54) is 6.92 Å². The topological polar surface area (TPSA) is 84.2 Å². The molecule has 0 spiro atoms. The number of nitrogens with one attached hydrogen (secondary N) is 2. The van der Waals surface area contributed by atoms with Crippen molar-refractivity contribution in [2.45, 2.75) is 6.92 Å². The molecule has 0 radical (unpaired) electrons. The number of fused-ring (bicyclic) bond motifs is 1. The summed E-state index contributed by atoms with van der Waals surface area (Å²) in [4.78, 5) is 29.3. The summed E-state index contributed by atoms with van der Waals surface area (Å²) < 4.78 is 6.09. The number of carbonyl (C=O) groups is 2. The van der Waals surface area contributed by atoms with Crippen LogP contribution in [0.1, 0.15) is 17.4 Å². The third-order valence-corrected chi connectivity index (χ3v) is 5.37. The third-order valence-electron chi connectivity index (χ3n) is 5.37. The van der Waals surface area contributed by atoms with Gasteiger partial charge in [0, 0.05) is 34.8 Å². The Morgan fingerprint density at radius 2 is 1.44 bits per heavy atom. The largest absolute Gasteiger partial charge is 0.435 e. The number of amides is 2. The zero-order valence-corrected chi connectivity index (χ0v) is 18.4. The Balaban J connectivity index is 1.55. The van der Waals surface area contributed by atoms with Crippen molar-refractivity contribution in [1.29, 1.82) is 0 Å². The van der Waals surface area contributed by atoms with Gasteiger partial charge in [-0.25, -0.2) is 4.98 Å². The average Bonchev–Trinajstić information content (AvgIpc) is 3.31. The van der Waals surface area contributed by atoms with E-state index in [0.717, 1.165) is 16.3 Å². The van der Waals surface area contributed by atoms with Gasteiger partial charge in [-0.3, -0.25) is 9.59 Å². The summed E-state index contributed by atoms with van der Waals surface area (Å²) in [5, 5.41) is 7.70. The van der Waals surface area contributed by atoms with Gasteiger partial charge in [-0.1, -0.05) is 54.6 Å². The van der Waals surface area contributed by atoms with Crippen molar-refractivity contribution in [2.75, 3.05) is 10.6 Å². The summed E-state index contributed by atoms with van der Waals surface area (Å²) in [6.45, 7) is 1.45. The molecule has 0 aliphatic rings. The van der Waals surface area contributed by atoms with Gasteiger partial charge in [0.15, 0.2) is 11.5 Å². The number of oxazole rings is 1. The van der Waals surface area contributed by atoms with Gasteiger partial charge in [0.1, 0.15) is 0 Å². The zero-order valence-electron chi connectivity index (χ0n) is 18.4. The quantitative estimate of drug-likeness (QED) is 0.328. The van der Waals surface area contributed by atoms with Gasteiger partial charge >= 0.3 is 0 Å². The first kappa shape index (κ1) is 21.2. The lowest BCUT2D eigenvalue weighted by molar-refractivity contribution is -0.114. The van der Waals surface area contributed by atoms with E-state index in [9.17, 15) is 9.59 Å². The second-order valence-electron chi connectivity index (χ2n) is 7.80. The molecule has 6 nitrogen and oxygen atoms in total. The molecule has 2 N–H and O–H groups in total. The van der Waals surface area contributed by atoms with Gasteiger partial charge in [0.25, 0.3) is 5.91 Å². The first-order valence-corrected chi connectivity index (χ1v) is 10.8. The standard InChI is InChI=1S/C28H21N3O3/c1-18(32)29-22-16-14-20(15-17-22)26-25(31-28(34-26)21-9-3-2-4-10-21)27(33)30-24-13-7-11-19-8-5-6-12-23(19)24/h2-17H,1H3,(H,29,32)(H,30,33). The molecule has 166 valence electrons. The summed E-state index contributed by atoms with van der Waals surface area (Å²) in [6.07, 6.45) is 0. The van der Waals surface area contributed by atoms with Crippen LogP contribution in [0, 0.1) is 0 Å². The van der Waals surface area contributed by atoms with Crippen molar-refractivity contribution < 1.29 is 14.0 Å². The van der Waals surface area contributed by atoms with Crippen molar-refractivity contribution in [1.82, 2.24) is 4.98 Å². The maximum atomic E-state index is 13.4. The van der Waals surface area contributed by atoms with E-state index in [0.29, 0.717) is 28.6 Å². The van der Waals surface area contributed by atoms with Crippen molar-refractivity contribution in [3.8, 4) is 22.8 Å². The molecule has 0 saturated heterocycles. The molecule has 0 bridgehead atoms. The molecular weight excluding hydrogens is 426 g/mol. The lowest BCUT2D eigenvalue weighted by Gasteiger charge is -2.08. The second-order valence-corrected chi connectivity index (χ2v) is 7.80. The third kappa shape index (κ3) is 4.29. The van der Waals surface area contributed by atoms with E-state index in [-0.39, 0.29) is 17.5 Å². The van der Waals surface area contributed by atoms with Gasteiger partial charge in [-0.15, -0.1) is 0 Å². The highest BCUT2D eigenvalue weighted by Gasteiger charge is 2.23. The summed E-state index contributed by atoms with van der Waals surface area (Å²) in [6, 6.07) is 30.1. The molecule has 0 unspecified atom stereocenters. The fourth-order valence-corrected chi connectivity index (χ4v) is 3.80. The van der Waals surface area contributed by atoms with E-state index in [4.69, 9.17) is 4.42 Å². The molecule has 34 heavy (non-hydrogen) atoms. The minimum atomic E-state index is -0.372. The Labute approximate surface area is 196 Å². The minimum absolute atomic E-state index is 0.158. The van der Waals surface area contributed by atoms with Crippen molar-refractivity contribution in [3.05, 3.63) is 103 Å². The van der Waals surface area contributed by atoms with Crippen LogP contribution in [0.2, 0.25) is 0 Å². The molecule has 1 aromatic heterocycles. The normalized spacial score (nSPS) is 10.7. The van der Waals surface area contributed by atoms with E-state index in [1.807, 2.05) is 72.8 Å². The molecule has 0 fully saturated rings. The molecular formula is C28H21N3O3. The van der Waals surface area contributed by atoms with E-state index in [1.54, 1.807) is 24.3 Å². The number of carbonyl (C=O) groups excluding carboxylic acids is 2. The molecule has 5 rings (SSSR count). The maximum absolute atomic E-state index is 13.4. The van der Waals surface area contributed by atoms with Crippen LogP contribution in [-0.4, -0.2) is 16.8 Å². The minimum Gasteiger partial charge on any atom is -0.435 e. The zero-order chi connectivity index (χ0) is 23.5. The van der Waals surface area contributed by atoms with Crippen LogP contribution in [0.25, 0.3) is 33.6 Å². The lowest BCUT2D eigenvalue weighted by atomic mass is 10.1. The Kier molecular flexibility index (Phi) is 5.62. The number of anilines is 2. The van der Waals surface area contributed by atoms with Gasteiger partial charge in [0.2, 0.25) is 11.8 Å². The number of aromatic nitrogens is 1. The summed E-state index contributed by atoms with van der Waals surface area (Å²) in [5.41, 5.74) is 2.97. The highest BCUT2D eigenvalue weighted by Crippen LogP contribution is 2.32. The summed E-state index contributed by atoms with van der Waals surface area (Å²) in [7, 11) is 0. The predicted octanol–water partition coefficient (Wildman–Crippen LogP) is 6.37. The fourth-order valence-electron chi connectivity index (χ4n) is 3.80. The molecule has 0 saturated carbocycles. The SMILES string of the molecule is CC(=O)Nc1ccc(-c2oc(-c3ccccc3)nc2C(=O)Nc2cccc3ccccc23)cc1. The molecule has 5 aromatic rings. The van der Waals surface area contributed by atoms with E-state index in [2.05, 4.69) is 15.6 Å². The van der Waals surface area contributed by atoms with Crippen molar-refractivity contribution in [2.24, 2.45) is 0 Å². The fraction of sp³-hybridized carbons (Fsp3) is 0.0357. The Hall–Kier alpha value is -4.71. The lowest BCUT2D eigenvalue weighted by Crippen LogP contribution is -2.13. The second kappa shape index (κ2) is 9.03. The van der Waals surface area contributed by atoms with Gasteiger partial charge < -0.3 is 15.1 Å². The van der Waals surface area contributed by atoms with Crippen LogP contribution in [0.3, 0.4) is 0 Å². The van der Waals surface area contributed by atoms with Gasteiger partial charge in [-0.05, 0) is 47.9 Å². The molecule has 4 aromatic carbocycles. The molecule has 0 atom stereocenters. The Bertz CT molecular complexity index is 1480. The van der Waals surface area contributed by atoms with Crippen LogP contribution >= 0.6 is 0 Å². The van der Waals surface area contributed by atoms with Crippen LogP contribution < -0.4 is 10.6 Å². The number of hydrogen-bond acceptors (Lipinski definition) is 4.